The van der Waals surface area contributed by atoms with Crippen LogP contribution in [0.3, 0.4) is 0 Å². The van der Waals surface area contributed by atoms with Crippen LogP contribution in [-0.4, -0.2) is 29.6 Å². The molecule has 0 fully saturated rings. The third-order valence-electron chi connectivity index (χ3n) is 4.64. The van der Waals surface area contributed by atoms with E-state index >= 15 is 0 Å². The molecule has 0 aliphatic carbocycles. The number of carbonyl (C=O) groups excluding carboxylic acids is 1. The second kappa shape index (κ2) is 6.93. The van der Waals surface area contributed by atoms with Crippen LogP contribution >= 0.6 is 11.8 Å². The molecule has 1 N–H and O–H groups in total. The van der Waals surface area contributed by atoms with Crippen LogP contribution in [-0.2, 0) is 9.84 Å². The summed E-state index contributed by atoms with van der Waals surface area (Å²) in [5.74, 6) is -0.810. The Kier molecular flexibility index (Phi) is 4.57. The van der Waals surface area contributed by atoms with Gasteiger partial charge in [0.15, 0.2) is 0 Å². The Morgan fingerprint density at radius 1 is 1.18 bits per heavy atom. The predicted molar refractivity (Wildman–Crippen MR) is 106 cm³/mol. The molecule has 1 aliphatic rings. The van der Waals surface area contributed by atoms with Crippen LogP contribution in [0.1, 0.15) is 28.2 Å². The molecule has 4 rings (SSSR count). The van der Waals surface area contributed by atoms with Gasteiger partial charge >= 0.3 is 0 Å². The van der Waals surface area contributed by atoms with E-state index in [0.717, 1.165) is 10.5 Å². The van der Waals surface area contributed by atoms with E-state index in [4.69, 9.17) is 0 Å². The average Bonchev–Trinajstić information content (AvgIpc) is 3.15. The number of sulfone groups is 1. The first-order chi connectivity index (χ1) is 13.4. The van der Waals surface area contributed by atoms with Gasteiger partial charge in [-0.25, -0.2) is 8.42 Å². The summed E-state index contributed by atoms with van der Waals surface area (Å²) in [4.78, 5) is 14.1. The third-order valence-corrected chi connectivity index (χ3v) is 7.71. The maximum absolute atomic E-state index is 13.1. The highest BCUT2D eigenvalue weighted by atomic mass is 32.2. The van der Waals surface area contributed by atoms with Crippen LogP contribution in [0.2, 0.25) is 0 Å². The minimum atomic E-state index is -4.15. The molecule has 6 nitrogen and oxygen atoms in total. The maximum atomic E-state index is 13.1. The van der Waals surface area contributed by atoms with Crippen molar-refractivity contribution in [3.63, 3.8) is 0 Å². The van der Waals surface area contributed by atoms with Crippen LogP contribution in [0.4, 0.5) is 0 Å². The number of hydrogen-bond acceptors (Lipinski definition) is 6. The Bertz CT molecular complexity index is 1210. The molecule has 2 heterocycles. The molecule has 28 heavy (non-hydrogen) atoms. The topological polar surface area (TPSA) is 104 Å². The van der Waals surface area contributed by atoms with E-state index in [-0.39, 0.29) is 15.8 Å². The largest absolute Gasteiger partial charge is 0.290 e. The first-order valence-corrected chi connectivity index (χ1v) is 10.9. The zero-order valence-electron chi connectivity index (χ0n) is 14.8. The Hall–Kier alpha value is -2.89. The van der Waals surface area contributed by atoms with Crippen molar-refractivity contribution >= 4 is 27.4 Å². The smallest absolute Gasteiger partial charge is 0.216 e. The van der Waals surface area contributed by atoms with Gasteiger partial charge in [-0.05, 0) is 25.1 Å². The molecule has 140 valence electrons. The molecule has 0 saturated carbocycles. The number of Topliss-reactive ketones (excluding diaryl/α,β-unsaturated/α-hetero) is 1. The van der Waals surface area contributed by atoms with E-state index in [2.05, 4.69) is 10.2 Å². The third kappa shape index (κ3) is 2.84. The second-order valence-corrected chi connectivity index (χ2v) is 9.76. The van der Waals surface area contributed by atoms with Crippen molar-refractivity contribution in [3.05, 3.63) is 65.9 Å². The summed E-state index contributed by atoms with van der Waals surface area (Å²) < 4.78 is 25.7. The Labute approximate surface area is 166 Å². The van der Waals surface area contributed by atoms with Crippen LogP contribution < -0.4 is 0 Å². The number of ketones is 1. The zero-order chi connectivity index (χ0) is 19.9. The number of hydrogen-bond donors (Lipinski definition) is 1. The lowest BCUT2D eigenvalue weighted by molar-refractivity contribution is 0.0995. The Morgan fingerprint density at radius 3 is 2.57 bits per heavy atom. The number of aromatic amines is 1. The molecule has 2 atom stereocenters. The van der Waals surface area contributed by atoms with Crippen molar-refractivity contribution < 1.29 is 13.2 Å². The van der Waals surface area contributed by atoms with E-state index in [1.165, 1.54) is 12.1 Å². The van der Waals surface area contributed by atoms with Crippen molar-refractivity contribution in [2.75, 3.05) is 0 Å². The van der Waals surface area contributed by atoms with E-state index < -0.39 is 20.9 Å². The Balaban J connectivity index is 1.80. The van der Waals surface area contributed by atoms with Gasteiger partial charge in [0.25, 0.3) is 0 Å². The van der Waals surface area contributed by atoms with Crippen molar-refractivity contribution in [2.45, 2.75) is 27.2 Å². The Morgan fingerprint density at radius 2 is 1.86 bits per heavy atom. The molecule has 3 aromatic rings. The number of carbonyl (C=O) groups is 1. The fourth-order valence-corrected chi connectivity index (χ4v) is 5.83. The number of benzene rings is 2. The lowest BCUT2D eigenvalue weighted by atomic mass is 10.0. The maximum Gasteiger partial charge on any atom is 0.216 e. The molecule has 1 aliphatic heterocycles. The fourth-order valence-electron chi connectivity index (χ4n) is 3.30. The van der Waals surface area contributed by atoms with E-state index in [1.807, 2.05) is 31.2 Å². The number of fused-ring (bicyclic) bond motifs is 3. The van der Waals surface area contributed by atoms with Crippen molar-refractivity contribution in [2.24, 2.45) is 0 Å². The van der Waals surface area contributed by atoms with Gasteiger partial charge in [-0.3, -0.25) is 9.89 Å². The van der Waals surface area contributed by atoms with Crippen molar-refractivity contribution in [1.82, 2.24) is 10.2 Å². The van der Waals surface area contributed by atoms with Crippen molar-refractivity contribution in [3.8, 4) is 17.3 Å². The summed E-state index contributed by atoms with van der Waals surface area (Å²) >= 11 is 1.57. The molecule has 8 heteroatoms. The first-order valence-electron chi connectivity index (χ1n) is 8.52. The quantitative estimate of drug-likeness (QED) is 0.658. The zero-order valence-corrected chi connectivity index (χ0v) is 16.4. The number of rotatable bonds is 4. The van der Waals surface area contributed by atoms with Crippen LogP contribution in [0.5, 0.6) is 0 Å². The monoisotopic (exact) mass is 409 g/mol. The highest BCUT2D eigenvalue weighted by Gasteiger charge is 2.39. The molecule has 0 spiro atoms. The van der Waals surface area contributed by atoms with Gasteiger partial charge in [-0.2, -0.15) is 10.4 Å². The van der Waals surface area contributed by atoms with Gasteiger partial charge < -0.3 is 0 Å². The van der Waals surface area contributed by atoms with Gasteiger partial charge in [-0.1, -0.05) is 36.4 Å². The van der Waals surface area contributed by atoms with Crippen molar-refractivity contribution in [1.29, 1.82) is 5.26 Å². The lowest BCUT2D eigenvalue weighted by Gasteiger charge is -2.22. The second-order valence-electron chi connectivity index (χ2n) is 6.35. The number of aromatic nitrogens is 2. The van der Waals surface area contributed by atoms with Gasteiger partial charge in [0.05, 0.1) is 16.7 Å². The molecule has 2 aromatic carbocycles. The summed E-state index contributed by atoms with van der Waals surface area (Å²) in [7, 11) is -4.15. The molecule has 1 aromatic heterocycles. The summed E-state index contributed by atoms with van der Waals surface area (Å²) in [6.45, 7) is 1.93. The van der Waals surface area contributed by atoms with E-state index in [1.54, 1.807) is 36.0 Å². The standard InChI is InChI=1S/C20H15N3O3S2/c1-12-17-18(14-9-5-6-10-15(14)27-12)22-23-19(17)20(24)16(11-21)28(25,26)13-7-3-2-4-8-13/h2-10,12,16H,1H3,(H,22,23). The van der Waals surface area contributed by atoms with E-state index in [0.29, 0.717) is 11.3 Å². The number of H-pyrrole nitrogens is 1. The molecular formula is C20H15N3O3S2. The molecule has 0 amide bonds. The predicted octanol–water partition coefficient (Wildman–Crippen LogP) is 3.79. The first kappa shape index (κ1) is 18.5. The normalized spacial score (nSPS) is 16.5. The highest BCUT2D eigenvalue weighted by Crippen LogP contribution is 2.49. The van der Waals surface area contributed by atoms with E-state index in [9.17, 15) is 18.5 Å². The SMILES string of the molecule is CC1Sc2ccccc2-c2[nH]nc(C(=O)C(C#N)S(=O)(=O)c3ccccc3)c21. The minimum Gasteiger partial charge on any atom is -0.290 e. The van der Waals surface area contributed by atoms with Gasteiger partial charge in [0.2, 0.25) is 20.9 Å². The summed E-state index contributed by atoms with van der Waals surface area (Å²) in [5.41, 5.74) is 2.25. The summed E-state index contributed by atoms with van der Waals surface area (Å²) in [6.07, 6.45) is 0. The number of nitrogens with zero attached hydrogens (tertiary/aromatic N) is 2. The average molecular weight is 409 g/mol. The van der Waals surface area contributed by atoms with Crippen LogP contribution in [0, 0.1) is 11.3 Å². The summed E-state index contributed by atoms with van der Waals surface area (Å²) in [5, 5.41) is 14.6. The van der Waals surface area contributed by atoms with Gasteiger partial charge in [0, 0.05) is 21.3 Å². The summed E-state index contributed by atoms with van der Waals surface area (Å²) in [6, 6.07) is 16.9. The molecule has 0 bridgehead atoms. The van der Waals surface area contributed by atoms with Crippen LogP contribution in [0.15, 0.2) is 64.4 Å². The van der Waals surface area contributed by atoms with Gasteiger partial charge in [-0.15, -0.1) is 11.8 Å². The molecule has 0 saturated heterocycles. The lowest BCUT2D eigenvalue weighted by Crippen LogP contribution is -2.30. The number of nitrogens with one attached hydrogen (secondary N) is 1. The molecule has 2 unspecified atom stereocenters. The van der Waals surface area contributed by atoms with Gasteiger partial charge in [0.1, 0.15) is 5.69 Å². The molecular weight excluding hydrogens is 394 g/mol. The van der Waals surface area contributed by atoms with Crippen LogP contribution in [0.25, 0.3) is 11.3 Å². The minimum absolute atomic E-state index is 0.00978. The number of thioether (sulfide) groups is 1. The number of nitriles is 1. The molecule has 0 radical (unpaired) electrons. The fraction of sp³-hybridized carbons (Fsp3) is 0.150. The highest BCUT2D eigenvalue weighted by molar-refractivity contribution is 7.99.